The van der Waals surface area contributed by atoms with Crippen LogP contribution in [0.5, 0.6) is 5.75 Å². The maximum atomic E-state index is 15.0. The van der Waals surface area contributed by atoms with Gasteiger partial charge in [-0.2, -0.15) is 0 Å². The third-order valence-corrected chi connectivity index (χ3v) is 8.33. The van der Waals surface area contributed by atoms with E-state index in [9.17, 15) is 23.5 Å². The smallest absolute Gasteiger partial charge is 0.224 e. The number of rotatable bonds is 1. The average molecular weight is 467 g/mol. The molecular formula is C25H20F2N2O3S. The predicted molar refractivity (Wildman–Crippen MR) is 120 cm³/mol. The molecule has 33 heavy (non-hydrogen) atoms. The standard InChI is InChI=1S/C25H20F2N2O3S/c26-17-7-6-14-16(20(17)27)12-33-19-5-2-1-4-15(19)21(14)29-13-25(9-3-10-25)24(32)22-23(31)18(30)8-11-28(22)29/h1-2,4-8,11,21,31H,3,9-10,12-13H2. The molecule has 1 N–H and O–H groups in total. The summed E-state index contributed by atoms with van der Waals surface area (Å²) in [6, 6.07) is 11.1. The molecule has 1 spiro atoms. The molecule has 1 unspecified atom stereocenters. The highest BCUT2D eigenvalue weighted by Gasteiger charge is 2.52. The topological polar surface area (TPSA) is 62.5 Å². The quantitative estimate of drug-likeness (QED) is 0.571. The molecule has 3 aromatic rings. The summed E-state index contributed by atoms with van der Waals surface area (Å²) in [6.07, 6.45) is 3.67. The molecule has 0 bridgehead atoms. The fraction of sp³-hybridized carbons (Fsp3) is 0.280. The van der Waals surface area contributed by atoms with Crippen molar-refractivity contribution in [3.8, 4) is 5.75 Å². The monoisotopic (exact) mass is 466 g/mol. The minimum atomic E-state index is -0.898. The van der Waals surface area contributed by atoms with Gasteiger partial charge >= 0.3 is 0 Å². The van der Waals surface area contributed by atoms with E-state index in [-0.39, 0.29) is 22.8 Å². The molecule has 6 rings (SSSR count). The highest BCUT2D eigenvalue weighted by molar-refractivity contribution is 7.98. The van der Waals surface area contributed by atoms with Crippen LogP contribution in [-0.2, 0) is 5.75 Å². The van der Waals surface area contributed by atoms with Crippen LogP contribution < -0.4 is 10.4 Å². The van der Waals surface area contributed by atoms with Gasteiger partial charge in [0, 0.05) is 35.0 Å². The number of carbonyl (C=O) groups is 1. The number of Topliss-reactive ketones (excluding diaryl/α,β-unsaturated/α-hetero) is 1. The zero-order chi connectivity index (χ0) is 22.9. The molecule has 0 amide bonds. The first-order valence-corrected chi connectivity index (χ1v) is 11.8. The van der Waals surface area contributed by atoms with Crippen LogP contribution >= 0.6 is 11.8 Å². The van der Waals surface area contributed by atoms with Gasteiger partial charge in [0.2, 0.25) is 5.43 Å². The number of aromatic nitrogens is 1. The van der Waals surface area contributed by atoms with Gasteiger partial charge in [-0.05, 0) is 36.1 Å². The van der Waals surface area contributed by atoms with Crippen molar-refractivity contribution in [2.24, 2.45) is 5.41 Å². The van der Waals surface area contributed by atoms with Gasteiger partial charge in [0.1, 0.15) is 0 Å². The van der Waals surface area contributed by atoms with Gasteiger partial charge in [-0.25, -0.2) is 8.78 Å². The summed E-state index contributed by atoms with van der Waals surface area (Å²) in [7, 11) is 0. The Bertz CT molecular complexity index is 1380. The number of hydrogen-bond acceptors (Lipinski definition) is 5. The first-order valence-electron chi connectivity index (χ1n) is 10.9. The van der Waals surface area contributed by atoms with Crippen molar-refractivity contribution in [3.63, 3.8) is 0 Å². The van der Waals surface area contributed by atoms with E-state index in [1.165, 1.54) is 28.7 Å². The molecule has 1 aromatic heterocycles. The first kappa shape index (κ1) is 20.5. The molecule has 1 fully saturated rings. The minimum absolute atomic E-state index is 0.0352. The Morgan fingerprint density at radius 1 is 1.03 bits per heavy atom. The highest BCUT2D eigenvalue weighted by Crippen LogP contribution is 2.50. The lowest BCUT2D eigenvalue weighted by Crippen LogP contribution is -2.58. The second-order valence-corrected chi connectivity index (χ2v) is 9.96. The van der Waals surface area contributed by atoms with Crippen molar-refractivity contribution in [2.75, 3.05) is 11.6 Å². The van der Waals surface area contributed by atoms with Crippen molar-refractivity contribution in [1.82, 2.24) is 4.68 Å². The molecule has 1 saturated carbocycles. The van der Waals surface area contributed by atoms with Crippen molar-refractivity contribution in [3.05, 3.63) is 92.9 Å². The van der Waals surface area contributed by atoms with Crippen LogP contribution in [0.2, 0.25) is 0 Å². The van der Waals surface area contributed by atoms with E-state index < -0.39 is 34.3 Å². The third kappa shape index (κ3) is 2.83. The maximum absolute atomic E-state index is 15.0. The Morgan fingerprint density at radius 3 is 2.58 bits per heavy atom. The lowest BCUT2D eigenvalue weighted by Gasteiger charge is -2.51. The Balaban J connectivity index is 1.65. The lowest BCUT2D eigenvalue weighted by molar-refractivity contribution is 0.0537. The Morgan fingerprint density at radius 2 is 1.82 bits per heavy atom. The number of thioether (sulfide) groups is 1. The van der Waals surface area contributed by atoms with Crippen LogP contribution in [0.1, 0.15) is 52.5 Å². The zero-order valence-corrected chi connectivity index (χ0v) is 18.4. The van der Waals surface area contributed by atoms with E-state index in [0.717, 1.165) is 22.9 Å². The second-order valence-electron chi connectivity index (χ2n) is 8.94. The number of halogens is 2. The van der Waals surface area contributed by atoms with Crippen LogP contribution in [0.4, 0.5) is 8.78 Å². The number of aromatic hydroxyl groups is 1. The fourth-order valence-electron chi connectivity index (χ4n) is 5.34. The van der Waals surface area contributed by atoms with Gasteiger partial charge in [0.25, 0.3) is 0 Å². The number of ketones is 1. The average Bonchev–Trinajstić information content (AvgIpc) is 2.95. The Hall–Kier alpha value is -3.13. The molecule has 2 aromatic carbocycles. The first-order chi connectivity index (χ1) is 15.9. The molecule has 3 aliphatic rings. The van der Waals surface area contributed by atoms with Gasteiger partial charge in [-0.15, -0.1) is 11.8 Å². The van der Waals surface area contributed by atoms with E-state index in [0.29, 0.717) is 24.9 Å². The van der Waals surface area contributed by atoms with Gasteiger partial charge < -0.3 is 5.11 Å². The second kappa shape index (κ2) is 7.18. The van der Waals surface area contributed by atoms with Crippen molar-refractivity contribution in [2.45, 2.75) is 36.0 Å². The van der Waals surface area contributed by atoms with Crippen LogP contribution in [0.25, 0.3) is 0 Å². The molecule has 0 saturated heterocycles. The number of fused-ring (bicyclic) bond motifs is 3. The highest BCUT2D eigenvalue weighted by atomic mass is 32.2. The summed E-state index contributed by atoms with van der Waals surface area (Å²) in [5.74, 6) is -2.30. The van der Waals surface area contributed by atoms with Crippen LogP contribution in [0, 0.1) is 17.0 Å². The number of hydrogen-bond donors (Lipinski definition) is 1. The Kier molecular flexibility index (Phi) is 4.46. The molecule has 1 aliphatic carbocycles. The van der Waals surface area contributed by atoms with Crippen molar-refractivity contribution in [1.29, 1.82) is 0 Å². The number of pyridine rings is 1. The van der Waals surface area contributed by atoms with Gasteiger partial charge in [0.05, 0.1) is 11.5 Å². The summed E-state index contributed by atoms with van der Waals surface area (Å²) < 4.78 is 30.7. The molecule has 5 nitrogen and oxygen atoms in total. The normalized spacial score (nSPS) is 20.5. The molecular weight excluding hydrogens is 446 g/mol. The molecule has 0 radical (unpaired) electrons. The number of carbonyl (C=O) groups excluding carboxylic acids is 1. The van der Waals surface area contributed by atoms with Crippen LogP contribution in [0.15, 0.2) is 58.4 Å². The SMILES string of the molecule is O=C1c2c(O)c(=O)ccn2N(C2c3ccccc3SCc3c2ccc(F)c3F)CC12CCC2. The molecule has 168 valence electrons. The minimum Gasteiger partial charge on any atom is -0.503 e. The van der Waals surface area contributed by atoms with Crippen LogP contribution in [-0.4, -0.2) is 22.1 Å². The van der Waals surface area contributed by atoms with Gasteiger partial charge in [0.15, 0.2) is 28.9 Å². The predicted octanol–water partition coefficient (Wildman–Crippen LogP) is 4.53. The number of nitrogens with zero attached hydrogens (tertiary/aromatic N) is 2. The summed E-state index contributed by atoms with van der Waals surface area (Å²) in [4.78, 5) is 26.6. The maximum Gasteiger partial charge on any atom is 0.224 e. The van der Waals surface area contributed by atoms with Gasteiger partial charge in [-0.1, -0.05) is 30.7 Å². The fourth-order valence-corrected chi connectivity index (χ4v) is 6.46. The van der Waals surface area contributed by atoms with E-state index >= 15 is 0 Å². The summed E-state index contributed by atoms with van der Waals surface area (Å²) in [5.41, 5.74) is 0.439. The molecule has 8 heteroatoms. The van der Waals surface area contributed by atoms with Crippen LogP contribution in [0.3, 0.4) is 0 Å². The van der Waals surface area contributed by atoms with E-state index in [1.54, 1.807) is 6.07 Å². The van der Waals surface area contributed by atoms with E-state index in [4.69, 9.17) is 0 Å². The van der Waals surface area contributed by atoms with Crippen molar-refractivity contribution < 1.29 is 18.7 Å². The molecule has 3 heterocycles. The molecule has 1 atom stereocenters. The zero-order valence-electron chi connectivity index (χ0n) is 17.6. The largest absolute Gasteiger partial charge is 0.503 e. The summed E-state index contributed by atoms with van der Waals surface area (Å²) in [6.45, 7) is 0.350. The molecule has 2 aliphatic heterocycles. The lowest BCUT2D eigenvalue weighted by atomic mass is 9.64. The van der Waals surface area contributed by atoms with E-state index in [1.807, 2.05) is 29.3 Å². The Labute approximate surface area is 192 Å². The van der Waals surface area contributed by atoms with Crippen molar-refractivity contribution >= 4 is 17.5 Å². The summed E-state index contributed by atoms with van der Waals surface area (Å²) in [5, 5.41) is 12.5. The number of benzene rings is 2. The van der Waals surface area contributed by atoms with E-state index in [2.05, 4.69) is 0 Å². The summed E-state index contributed by atoms with van der Waals surface area (Å²) >= 11 is 1.44. The van der Waals surface area contributed by atoms with Gasteiger partial charge in [-0.3, -0.25) is 19.3 Å². The third-order valence-electron chi connectivity index (χ3n) is 7.21.